The van der Waals surface area contributed by atoms with Gasteiger partial charge < -0.3 is 0 Å². The third kappa shape index (κ3) is 2.97. The fourth-order valence-corrected chi connectivity index (χ4v) is 4.47. The monoisotopic (exact) mass is 323 g/mol. The summed E-state index contributed by atoms with van der Waals surface area (Å²) in [6.45, 7) is 0. The van der Waals surface area contributed by atoms with E-state index in [9.17, 15) is 17.2 Å². The normalized spacial score (nSPS) is 24.1. The summed E-state index contributed by atoms with van der Waals surface area (Å²) in [7, 11) is -2.62. The van der Waals surface area contributed by atoms with Crippen molar-refractivity contribution >= 4 is 21.6 Å². The predicted octanol–water partition coefficient (Wildman–Crippen LogP) is 3.14. The summed E-state index contributed by atoms with van der Waals surface area (Å²) in [6, 6.07) is 2.09. The maximum absolute atomic E-state index is 13.7. The molecule has 2 unspecified atom stereocenters. The molecule has 0 spiro atoms. The van der Waals surface area contributed by atoms with E-state index in [-0.39, 0.29) is 11.4 Å². The highest BCUT2D eigenvalue weighted by molar-refractivity contribution is 7.89. The first-order valence-electron chi connectivity index (χ1n) is 6.41. The van der Waals surface area contributed by atoms with Crippen LogP contribution in [0.25, 0.3) is 0 Å². The molecule has 7 heteroatoms. The van der Waals surface area contributed by atoms with Gasteiger partial charge in [-0.15, -0.1) is 11.6 Å². The molecule has 20 heavy (non-hydrogen) atoms. The summed E-state index contributed by atoms with van der Waals surface area (Å²) in [5, 5.41) is -0.285. The summed E-state index contributed by atoms with van der Waals surface area (Å²) >= 11 is 6.18. The van der Waals surface area contributed by atoms with Crippen LogP contribution in [-0.4, -0.2) is 31.2 Å². The number of nitrogens with zero attached hydrogens (tertiary/aromatic N) is 1. The minimum atomic E-state index is -4.01. The zero-order chi connectivity index (χ0) is 14.9. The lowest BCUT2D eigenvalue weighted by Gasteiger charge is -2.34. The predicted molar refractivity (Wildman–Crippen MR) is 73.2 cm³/mol. The minimum Gasteiger partial charge on any atom is -0.207 e. The number of hydrogen-bond acceptors (Lipinski definition) is 2. The lowest BCUT2D eigenvalue weighted by atomic mass is 9.95. The molecule has 1 aromatic carbocycles. The number of rotatable bonds is 3. The molecular weight excluding hydrogens is 308 g/mol. The Morgan fingerprint density at radius 1 is 1.25 bits per heavy atom. The summed E-state index contributed by atoms with van der Waals surface area (Å²) in [5.74, 6) is -1.89. The maximum Gasteiger partial charge on any atom is 0.246 e. The Morgan fingerprint density at radius 2 is 1.90 bits per heavy atom. The molecule has 1 saturated carbocycles. The molecule has 0 amide bonds. The first-order valence-corrected chi connectivity index (χ1v) is 8.29. The summed E-state index contributed by atoms with van der Waals surface area (Å²) in [5.41, 5.74) is 0. The molecule has 0 radical (unpaired) electrons. The average Bonchev–Trinajstić information content (AvgIpc) is 2.38. The highest BCUT2D eigenvalue weighted by Gasteiger charge is 2.35. The Kier molecular flexibility index (Phi) is 4.66. The molecule has 0 heterocycles. The van der Waals surface area contributed by atoms with E-state index in [0.29, 0.717) is 12.5 Å². The van der Waals surface area contributed by atoms with Gasteiger partial charge in [0.15, 0.2) is 0 Å². The second-order valence-corrected chi connectivity index (χ2v) is 7.49. The third-order valence-corrected chi connectivity index (χ3v) is 6.09. The van der Waals surface area contributed by atoms with Crippen molar-refractivity contribution in [2.24, 2.45) is 0 Å². The van der Waals surface area contributed by atoms with Crippen LogP contribution in [0.4, 0.5) is 8.78 Å². The topological polar surface area (TPSA) is 37.4 Å². The molecular formula is C13H16ClF2NO2S. The van der Waals surface area contributed by atoms with Gasteiger partial charge in [0.1, 0.15) is 16.5 Å². The van der Waals surface area contributed by atoms with E-state index in [4.69, 9.17) is 11.6 Å². The van der Waals surface area contributed by atoms with Crippen LogP contribution in [0.1, 0.15) is 25.7 Å². The van der Waals surface area contributed by atoms with Crippen molar-refractivity contribution in [2.75, 3.05) is 7.05 Å². The van der Waals surface area contributed by atoms with Crippen molar-refractivity contribution in [2.45, 2.75) is 42.0 Å². The van der Waals surface area contributed by atoms with E-state index in [1.165, 1.54) is 7.05 Å². The van der Waals surface area contributed by atoms with Gasteiger partial charge in [0.2, 0.25) is 10.0 Å². The van der Waals surface area contributed by atoms with E-state index in [1.807, 2.05) is 0 Å². The highest BCUT2D eigenvalue weighted by Crippen LogP contribution is 2.30. The first kappa shape index (κ1) is 15.7. The third-order valence-electron chi connectivity index (χ3n) is 3.67. The van der Waals surface area contributed by atoms with E-state index >= 15 is 0 Å². The second kappa shape index (κ2) is 5.95. The Hall–Kier alpha value is -0.720. The Bertz CT molecular complexity index is 594. The SMILES string of the molecule is CN(C1CCCCC1Cl)S(=O)(=O)c1ccc(F)cc1F. The Morgan fingerprint density at radius 3 is 2.50 bits per heavy atom. The van der Waals surface area contributed by atoms with Gasteiger partial charge in [0, 0.05) is 19.2 Å². The van der Waals surface area contributed by atoms with Crippen LogP contribution in [0.15, 0.2) is 23.1 Å². The van der Waals surface area contributed by atoms with Crippen molar-refractivity contribution in [3.63, 3.8) is 0 Å². The van der Waals surface area contributed by atoms with Gasteiger partial charge >= 0.3 is 0 Å². The van der Waals surface area contributed by atoms with Crippen LogP contribution in [0.2, 0.25) is 0 Å². The molecule has 2 rings (SSSR count). The van der Waals surface area contributed by atoms with Gasteiger partial charge in [-0.25, -0.2) is 17.2 Å². The Balaban J connectivity index is 2.33. The quantitative estimate of drug-likeness (QED) is 0.801. The smallest absolute Gasteiger partial charge is 0.207 e. The number of alkyl halides is 1. The minimum absolute atomic E-state index is 0.285. The molecule has 0 aliphatic heterocycles. The van der Waals surface area contributed by atoms with Crippen LogP contribution >= 0.6 is 11.6 Å². The van der Waals surface area contributed by atoms with E-state index in [1.54, 1.807) is 0 Å². The molecule has 0 aromatic heterocycles. The summed E-state index contributed by atoms with van der Waals surface area (Å²) < 4.78 is 52.5. The molecule has 1 fully saturated rings. The van der Waals surface area contributed by atoms with E-state index in [0.717, 1.165) is 35.7 Å². The number of hydrogen-bond donors (Lipinski definition) is 0. The van der Waals surface area contributed by atoms with Gasteiger partial charge in [0.05, 0.1) is 5.38 Å². The first-order chi connectivity index (χ1) is 9.34. The lowest BCUT2D eigenvalue weighted by molar-refractivity contribution is 0.290. The fraction of sp³-hybridized carbons (Fsp3) is 0.538. The molecule has 1 aromatic rings. The second-order valence-electron chi connectivity index (χ2n) is 4.96. The van der Waals surface area contributed by atoms with Crippen LogP contribution < -0.4 is 0 Å². The van der Waals surface area contributed by atoms with Gasteiger partial charge in [-0.05, 0) is 25.0 Å². The van der Waals surface area contributed by atoms with Crippen LogP contribution in [-0.2, 0) is 10.0 Å². The van der Waals surface area contributed by atoms with Gasteiger partial charge in [-0.1, -0.05) is 12.8 Å². The molecule has 1 aliphatic carbocycles. The summed E-state index contributed by atoms with van der Waals surface area (Å²) in [6.07, 6.45) is 3.23. The fourth-order valence-electron chi connectivity index (χ4n) is 2.49. The molecule has 1 aliphatic rings. The van der Waals surface area contributed by atoms with Gasteiger partial charge in [-0.3, -0.25) is 0 Å². The van der Waals surface area contributed by atoms with Crippen LogP contribution in [0, 0.1) is 11.6 Å². The number of benzene rings is 1. The average molecular weight is 324 g/mol. The van der Waals surface area contributed by atoms with Gasteiger partial charge in [0.25, 0.3) is 0 Å². The number of halogens is 3. The van der Waals surface area contributed by atoms with Crippen molar-refractivity contribution in [3.05, 3.63) is 29.8 Å². The zero-order valence-corrected chi connectivity index (χ0v) is 12.6. The maximum atomic E-state index is 13.7. The van der Waals surface area contributed by atoms with Crippen molar-refractivity contribution in [1.82, 2.24) is 4.31 Å². The molecule has 112 valence electrons. The van der Waals surface area contributed by atoms with E-state index in [2.05, 4.69) is 0 Å². The molecule has 2 atom stereocenters. The lowest BCUT2D eigenvalue weighted by Crippen LogP contribution is -2.44. The van der Waals surface area contributed by atoms with Gasteiger partial charge in [-0.2, -0.15) is 4.31 Å². The standard InChI is InChI=1S/C13H16ClF2NO2S/c1-17(12-5-3-2-4-10(12)14)20(18,19)13-7-6-9(15)8-11(13)16/h6-8,10,12H,2-5H2,1H3. The summed E-state index contributed by atoms with van der Waals surface area (Å²) in [4.78, 5) is -0.518. The van der Waals surface area contributed by atoms with Crippen LogP contribution in [0.3, 0.4) is 0 Å². The largest absolute Gasteiger partial charge is 0.246 e. The zero-order valence-electron chi connectivity index (χ0n) is 11.0. The molecule has 0 saturated heterocycles. The highest BCUT2D eigenvalue weighted by atomic mass is 35.5. The molecule has 0 bridgehead atoms. The van der Waals surface area contributed by atoms with E-state index < -0.39 is 26.6 Å². The van der Waals surface area contributed by atoms with Crippen molar-refractivity contribution < 1.29 is 17.2 Å². The number of sulfonamides is 1. The Labute approximate surface area is 122 Å². The molecule has 3 nitrogen and oxygen atoms in total. The van der Waals surface area contributed by atoms with Crippen molar-refractivity contribution in [1.29, 1.82) is 0 Å². The molecule has 0 N–H and O–H groups in total. The van der Waals surface area contributed by atoms with Crippen LogP contribution in [0.5, 0.6) is 0 Å². The van der Waals surface area contributed by atoms with Crippen molar-refractivity contribution in [3.8, 4) is 0 Å².